The van der Waals surface area contributed by atoms with Gasteiger partial charge in [-0.2, -0.15) is 0 Å². The molecule has 0 aliphatic carbocycles. The van der Waals surface area contributed by atoms with Crippen molar-refractivity contribution < 1.29 is 5.11 Å². The molecule has 56 valence electrons. The first-order valence-corrected chi connectivity index (χ1v) is 4.63. The van der Waals surface area contributed by atoms with Gasteiger partial charge in [0.1, 0.15) is 0 Å². The second-order valence-corrected chi connectivity index (χ2v) is 4.39. The molecular formula is C7H9BrOS. The molecule has 10 heavy (non-hydrogen) atoms. The van der Waals surface area contributed by atoms with Crippen LogP contribution in [-0.4, -0.2) is 5.11 Å². The molecule has 0 fully saturated rings. The lowest BCUT2D eigenvalue weighted by molar-refractivity contribution is 0.281. The average Bonchev–Trinajstić information content (AvgIpc) is 2.09. The minimum Gasteiger partial charge on any atom is -0.392 e. The summed E-state index contributed by atoms with van der Waals surface area (Å²) in [6.07, 6.45) is 0. The number of halogens is 1. The van der Waals surface area contributed by atoms with E-state index in [0.717, 1.165) is 10.0 Å². The monoisotopic (exact) mass is 220 g/mol. The summed E-state index contributed by atoms with van der Waals surface area (Å²) in [6, 6.07) is 0. The molecular weight excluding hydrogens is 212 g/mol. The summed E-state index contributed by atoms with van der Waals surface area (Å²) >= 11 is 5.13. The molecule has 1 aromatic rings. The molecule has 0 amide bonds. The zero-order chi connectivity index (χ0) is 7.72. The van der Waals surface area contributed by atoms with Crippen molar-refractivity contribution >= 4 is 27.3 Å². The minimum absolute atomic E-state index is 0.136. The van der Waals surface area contributed by atoms with E-state index in [4.69, 9.17) is 5.11 Å². The Morgan fingerprint density at radius 3 is 2.20 bits per heavy atom. The van der Waals surface area contributed by atoms with Gasteiger partial charge in [0.25, 0.3) is 0 Å². The second-order valence-electron chi connectivity index (χ2n) is 2.17. The van der Waals surface area contributed by atoms with E-state index in [1.165, 1.54) is 9.75 Å². The predicted octanol–water partition coefficient (Wildman–Crippen LogP) is 2.62. The van der Waals surface area contributed by atoms with Gasteiger partial charge >= 0.3 is 0 Å². The molecule has 0 aliphatic rings. The lowest BCUT2D eigenvalue weighted by Gasteiger charge is -1.92. The van der Waals surface area contributed by atoms with Crippen molar-refractivity contribution in [1.29, 1.82) is 0 Å². The van der Waals surface area contributed by atoms with Gasteiger partial charge in [0.15, 0.2) is 0 Å². The first kappa shape index (κ1) is 8.24. The molecule has 0 spiro atoms. The van der Waals surface area contributed by atoms with Crippen LogP contribution in [-0.2, 0) is 6.61 Å². The molecule has 1 rings (SSSR count). The molecule has 0 saturated carbocycles. The summed E-state index contributed by atoms with van der Waals surface area (Å²) in [7, 11) is 0. The fourth-order valence-electron chi connectivity index (χ4n) is 0.884. The molecule has 0 atom stereocenters. The van der Waals surface area contributed by atoms with Crippen molar-refractivity contribution in [2.24, 2.45) is 0 Å². The van der Waals surface area contributed by atoms with E-state index in [1.807, 2.05) is 13.8 Å². The standard InChI is InChI=1S/C7H9BrOS/c1-4-6(3-9)7(8)5(2)10-4/h9H,3H2,1-2H3. The zero-order valence-corrected chi connectivity index (χ0v) is 8.34. The van der Waals surface area contributed by atoms with Crippen LogP contribution in [0.2, 0.25) is 0 Å². The van der Waals surface area contributed by atoms with Crippen LogP contribution in [0.25, 0.3) is 0 Å². The van der Waals surface area contributed by atoms with Gasteiger partial charge in [-0.25, -0.2) is 0 Å². The lowest BCUT2D eigenvalue weighted by atomic mass is 10.3. The van der Waals surface area contributed by atoms with E-state index in [0.29, 0.717) is 0 Å². The van der Waals surface area contributed by atoms with Crippen LogP contribution in [0.4, 0.5) is 0 Å². The SMILES string of the molecule is Cc1sc(C)c(CO)c1Br. The van der Waals surface area contributed by atoms with Crippen molar-refractivity contribution in [2.75, 3.05) is 0 Å². The average molecular weight is 221 g/mol. The number of rotatable bonds is 1. The van der Waals surface area contributed by atoms with Gasteiger partial charge in [-0.1, -0.05) is 0 Å². The molecule has 3 heteroatoms. The summed E-state index contributed by atoms with van der Waals surface area (Å²) in [5.41, 5.74) is 1.03. The van der Waals surface area contributed by atoms with E-state index in [2.05, 4.69) is 15.9 Å². The quantitative estimate of drug-likeness (QED) is 0.772. The first-order chi connectivity index (χ1) is 4.66. The highest BCUT2D eigenvalue weighted by Crippen LogP contribution is 2.31. The topological polar surface area (TPSA) is 20.2 Å². The van der Waals surface area contributed by atoms with Crippen molar-refractivity contribution in [3.8, 4) is 0 Å². The summed E-state index contributed by atoms with van der Waals surface area (Å²) in [5, 5.41) is 8.89. The van der Waals surface area contributed by atoms with Crippen molar-refractivity contribution in [3.05, 3.63) is 19.8 Å². The fraction of sp³-hybridized carbons (Fsp3) is 0.429. The first-order valence-electron chi connectivity index (χ1n) is 3.02. The van der Waals surface area contributed by atoms with E-state index in [-0.39, 0.29) is 6.61 Å². The van der Waals surface area contributed by atoms with Gasteiger partial charge < -0.3 is 5.11 Å². The predicted molar refractivity (Wildman–Crippen MR) is 47.4 cm³/mol. The van der Waals surface area contributed by atoms with Gasteiger partial charge in [0.05, 0.1) is 6.61 Å². The fourth-order valence-corrected chi connectivity index (χ4v) is 2.64. The molecule has 0 aromatic carbocycles. The maximum atomic E-state index is 8.89. The zero-order valence-electron chi connectivity index (χ0n) is 5.94. The molecule has 0 unspecified atom stereocenters. The third-order valence-corrected chi connectivity index (χ3v) is 3.86. The summed E-state index contributed by atoms with van der Waals surface area (Å²) in [4.78, 5) is 2.44. The number of aryl methyl sites for hydroxylation is 2. The number of aliphatic hydroxyl groups excluding tert-OH is 1. The Morgan fingerprint density at radius 1 is 1.40 bits per heavy atom. The van der Waals surface area contributed by atoms with Crippen LogP contribution in [0.1, 0.15) is 15.3 Å². The molecule has 0 aliphatic heterocycles. The highest BCUT2D eigenvalue weighted by Gasteiger charge is 2.08. The highest BCUT2D eigenvalue weighted by atomic mass is 79.9. The van der Waals surface area contributed by atoms with Crippen molar-refractivity contribution in [1.82, 2.24) is 0 Å². The van der Waals surface area contributed by atoms with Gasteiger partial charge in [0, 0.05) is 19.8 Å². The van der Waals surface area contributed by atoms with Crippen molar-refractivity contribution in [2.45, 2.75) is 20.5 Å². The van der Waals surface area contributed by atoms with Crippen LogP contribution in [0, 0.1) is 13.8 Å². The van der Waals surface area contributed by atoms with E-state index in [9.17, 15) is 0 Å². The van der Waals surface area contributed by atoms with Gasteiger partial charge in [-0.15, -0.1) is 11.3 Å². The highest BCUT2D eigenvalue weighted by molar-refractivity contribution is 9.10. The number of hydrogen-bond acceptors (Lipinski definition) is 2. The Bertz CT molecular complexity index is 242. The van der Waals surface area contributed by atoms with E-state index < -0.39 is 0 Å². The van der Waals surface area contributed by atoms with Crippen LogP contribution in [0.5, 0.6) is 0 Å². The van der Waals surface area contributed by atoms with E-state index in [1.54, 1.807) is 11.3 Å². The molecule has 1 N–H and O–H groups in total. The summed E-state index contributed by atoms with van der Waals surface area (Å²) in [6.45, 7) is 4.20. The maximum absolute atomic E-state index is 8.89. The second kappa shape index (κ2) is 3.03. The smallest absolute Gasteiger partial charge is 0.0703 e. The normalized spacial score (nSPS) is 10.4. The third kappa shape index (κ3) is 1.26. The van der Waals surface area contributed by atoms with E-state index >= 15 is 0 Å². The van der Waals surface area contributed by atoms with Crippen LogP contribution >= 0.6 is 27.3 Å². The summed E-state index contributed by atoms with van der Waals surface area (Å²) in [5.74, 6) is 0. The maximum Gasteiger partial charge on any atom is 0.0703 e. The molecule has 1 aromatic heterocycles. The molecule has 0 saturated heterocycles. The molecule has 1 heterocycles. The summed E-state index contributed by atoms with van der Waals surface area (Å²) < 4.78 is 1.07. The molecule has 0 radical (unpaired) electrons. The Hall–Kier alpha value is 0.140. The minimum atomic E-state index is 0.136. The van der Waals surface area contributed by atoms with Gasteiger partial charge in [-0.3, -0.25) is 0 Å². The number of hydrogen-bond donors (Lipinski definition) is 1. The van der Waals surface area contributed by atoms with Gasteiger partial charge in [0.2, 0.25) is 0 Å². The Balaban J connectivity index is 3.20. The number of thiophene rings is 1. The van der Waals surface area contributed by atoms with Crippen LogP contribution < -0.4 is 0 Å². The lowest BCUT2D eigenvalue weighted by Crippen LogP contribution is -1.82. The molecule has 0 bridgehead atoms. The third-order valence-electron chi connectivity index (χ3n) is 1.46. The molecule has 1 nitrogen and oxygen atoms in total. The largest absolute Gasteiger partial charge is 0.392 e. The van der Waals surface area contributed by atoms with Gasteiger partial charge in [-0.05, 0) is 29.8 Å². The van der Waals surface area contributed by atoms with Crippen LogP contribution in [0.15, 0.2) is 4.47 Å². The van der Waals surface area contributed by atoms with Crippen molar-refractivity contribution in [3.63, 3.8) is 0 Å². The Kier molecular flexibility index (Phi) is 2.50. The van der Waals surface area contributed by atoms with Crippen LogP contribution in [0.3, 0.4) is 0 Å². The Morgan fingerprint density at radius 2 is 2.00 bits per heavy atom. The Labute approximate surface area is 72.8 Å². The number of aliphatic hydroxyl groups is 1.